The first-order chi connectivity index (χ1) is 13.5. The molecule has 10 nitrogen and oxygen atoms in total. The second kappa shape index (κ2) is 9.53. The third kappa shape index (κ3) is 8.08. The zero-order chi connectivity index (χ0) is 23.4. The Labute approximate surface area is 179 Å². The number of guanidine groups is 1. The second-order valence-electron chi connectivity index (χ2n) is 9.88. The van der Waals surface area contributed by atoms with Crippen molar-refractivity contribution in [1.82, 2.24) is 19.6 Å². The fourth-order valence-electron chi connectivity index (χ4n) is 2.68. The van der Waals surface area contributed by atoms with E-state index in [1.807, 2.05) is 13.8 Å². The molecule has 1 aliphatic heterocycles. The van der Waals surface area contributed by atoms with Crippen LogP contribution in [0.3, 0.4) is 0 Å². The summed E-state index contributed by atoms with van der Waals surface area (Å²) in [6, 6.07) is -0.171. The zero-order valence-corrected chi connectivity index (χ0v) is 20.0. The normalized spacial score (nSPS) is 16.2. The Morgan fingerprint density at radius 2 is 1.47 bits per heavy atom. The number of carbonyl (C=O) groups is 3. The lowest BCUT2D eigenvalue weighted by atomic mass is 10.2. The predicted molar refractivity (Wildman–Crippen MR) is 114 cm³/mol. The molecule has 30 heavy (non-hydrogen) atoms. The van der Waals surface area contributed by atoms with Crippen LogP contribution in [0, 0.1) is 5.92 Å². The standard InChI is InChI=1S/C20H37N5O5/c1-14(2)11-25(18(28)30-20(6,7)8)15(21-16(26)29-19(3,4)5)24-12-22(9)17(27)23(10)13-24/h14H,11-13H2,1-10H3/b21-15+. The van der Waals surface area contributed by atoms with Crippen LogP contribution >= 0.6 is 0 Å². The highest BCUT2D eigenvalue weighted by atomic mass is 16.6. The van der Waals surface area contributed by atoms with Crippen LogP contribution in [0.5, 0.6) is 0 Å². The molecule has 0 bridgehead atoms. The van der Waals surface area contributed by atoms with Gasteiger partial charge in [-0.2, -0.15) is 0 Å². The zero-order valence-electron chi connectivity index (χ0n) is 20.0. The molecule has 0 aromatic carbocycles. The van der Waals surface area contributed by atoms with Gasteiger partial charge in [-0.3, -0.25) is 0 Å². The Kier molecular flexibility index (Phi) is 8.10. The summed E-state index contributed by atoms with van der Waals surface area (Å²) in [7, 11) is 3.27. The average Bonchev–Trinajstić information content (AvgIpc) is 2.51. The van der Waals surface area contributed by atoms with E-state index < -0.39 is 23.4 Å². The van der Waals surface area contributed by atoms with Crippen molar-refractivity contribution in [1.29, 1.82) is 0 Å². The molecule has 172 valence electrons. The van der Waals surface area contributed by atoms with Gasteiger partial charge in [0.2, 0.25) is 5.96 Å². The van der Waals surface area contributed by atoms with Gasteiger partial charge < -0.3 is 24.2 Å². The van der Waals surface area contributed by atoms with Crippen LogP contribution in [0.4, 0.5) is 14.4 Å². The maximum absolute atomic E-state index is 13.0. The molecule has 0 aromatic heterocycles. The molecule has 0 aromatic rings. The lowest BCUT2D eigenvalue weighted by molar-refractivity contribution is 0.0296. The topological polar surface area (TPSA) is 95.0 Å². The molecule has 0 spiro atoms. The van der Waals surface area contributed by atoms with Crippen LogP contribution in [0.1, 0.15) is 55.4 Å². The van der Waals surface area contributed by atoms with E-state index in [4.69, 9.17) is 9.47 Å². The van der Waals surface area contributed by atoms with Crippen molar-refractivity contribution < 1.29 is 23.9 Å². The number of nitrogens with zero attached hydrogens (tertiary/aromatic N) is 5. The molecule has 0 N–H and O–H groups in total. The minimum Gasteiger partial charge on any atom is -0.443 e. The number of carbonyl (C=O) groups excluding carboxylic acids is 3. The number of amides is 4. The molecule has 1 saturated heterocycles. The molecular formula is C20H37N5O5. The van der Waals surface area contributed by atoms with E-state index in [1.165, 1.54) is 14.7 Å². The first kappa shape index (κ1) is 25.5. The number of urea groups is 1. The van der Waals surface area contributed by atoms with Crippen LogP contribution in [0.2, 0.25) is 0 Å². The van der Waals surface area contributed by atoms with Crippen LogP contribution in [-0.4, -0.2) is 89.0 Å². The Hall–Kier alpha value is -2.52. The summed E-state index contributed by atoms with van der Waals surface area (Å²) < 4.78 is 10.9. The van der Waals surface area contributed by atoms with Crippen LogP contribution in [0.25, 0.3) is 0 Å². The summed E-state index contributed by atoms with van der Waals surface area (Å²) in [5.74, 6) is 0.154. The van der Waals surface area contributed by atoms with Gasteiger partial charge in [0.1, 0.15) is 11.2 Å². The molecule has 1 aliphatic rings. The fraction of sp³-hybridized carbons (Fsp3) is 0.800. The lowest BCUT2D eigenvalue weighted by Crippen LogP contribution is -2.61. The molecular weight excluding hydrogens is 390 g/mol. The Morgan fingerprint density at radius 1 is 1.00 bits per heavy atom. The van der Waals surface area contributed by atoms with Gasteiger partial charge in [-0.05, 0) is 47.5 Å². The maximum Gasteiger partial charge on any atom is 0.437 e. The van der Waals surface area contributed by atoms with Gasteiger partial charge in [0.05, 0.1) is 13.3 Å². The smallest absolute Gasteiger partial charge is 0.437 e. The highest BCUT2D eigenvalue weighted by Crippen LogP contribution is 2.17. The minimum atomic E-state index is -0.822. The monoisotopic (exact) mass is 427 g/mol. The average molecular weight is 428 g/mol. The fourth-order valence-corrected chi connectivity index (χ4v) is 2.68. The van der Waals surface area contributed by atoms with E-state index in [-0.39, 0.29) is 37.8 Å². The van der Waals surface area contributed by atoms with Crippen molar-refractivity contribution in [2.24, 2.45) is 10.9 Å². The molecule has 1 rings (SSSR count). The lowest BCUT2D eigenvalue weighted by Gasteiger charge is -2.42. The molecule has 0 radical (unpaired) electrons. The third-order valence-corrected chi connectivity index (χ3v) is 3.69. The Bertz CT molecular complexity index is 664. The van der Waals surface area contributed by atoms with Crippen molar-refractivity contribution in [3.63, 3.8) is 0 Å². The van der Waals surface area contributed by atoms with Crippen molar-refractivity contribution in [3.05, 3.63) is 0 Å². The number of aliphatic imine (C=N–C) groups is 1. The number of ether oxygens (including phenoxy) is 2. The number of hydrogen-bond donors (Lipinski definition) is 0. The highest BCUT2D eigenvalue weighted by molar-refractivity contribution is 5.99. The predicted octanol–water partition coefficient (Wildman–Crippen LogP) is 3.38. The summed E-state index contributed by atoms with van der Waals surface area (Å²) >= 11 is 0. The first-order valence-electron chi connectivity index (χ1n) is 10.0. The molecule has 0 aliphatic carbocycles. The summed E-state index contributed by atoms with van der Waals surface area (Å²) in [6.45, 7) is 15.0. The largest absolute Gasteiger partial charge is 0.443 e. The summed E-state index contributed by atoms with van der Waals surface area (Å²) in [5, 5.41) is 0. The van der Waals surface area contributed by atoms with E-state index >= 15 is 0 Å². The molecule has 0 unspecified atom stereocenters. The number of rotatable bonds is 2. The first-order valence-corrected chi connectivity index (χ1v) is 10.0. The van der Waals surface area contributed by atoms with Gasteiger partial charge >= 0.3 is 18.2 Å². The molecule has 0 saturated carbocycles. The second-order valence-corrected chi connectivity index (χ2v) is 9.88. The van der Waals surface area contributed by atoms with Crippen molar-refractivity contribution in [2.75, 3.05) is 34.0 Å². The number of hydrogen-bond acceptors (Lipinski definition) is 5. The van der Waals surface area contributed by atoms with Gasteiger partial charge in [-0.15, -0.1) is 4.99 Å². The Balaban J connectivity index is 3.40. The molecule has 1 heterocycles. The molecule has 4 amide bonds. The van der Waals surface area contributed by atoms with Gasteiger partial charge in [-0.1, -0.05) is 13.8 Å². The SMILES string of the molecule is CC(C)CN(C(=O)OC(C)(C)C)/C(=N/C(=O)OC(C)(C)C)N1CN(C)C(=O)N(C)C1. The molecule has 10 heteroatoms. The highest BCUT2D eigenvalue weighted by Gasteiger charge is 2.35. The van der Waals surface area contributed by atoms with E-state index in [0.29, 0.717) is 0 Å². The van der Waals surface area contributed by atoms with Crippen molar-refractivity contribution in [3.8, 4) is 0 Å². The van der Waals surface area contributed by atoms with Gasteiger partial charge in [0, 0.05) is 20.6 Å². The molecule has 0 atom stereocenters. The summed E-state index contributed by atoms with van der Waals surface area (Å²) in [6.07, 6.45) is -1.45. The quantitative estimate of drug-likeness (QED) is 0.495. The summed E-state index contributed by atoms with van der Waals surface area (Å²) in [4.78, 5) is 47.8. The van der Waals surface area contributed by atoms with E-state index in [1.54, 1.807) is 60.5 Å². The van der Waals surface area contributed by atoms with E-state index in [2.05, 4.69) is 4.99 Å². The van der Waals surface area contributed by atoms with Gasteiger partial charge in [0.25, 0.3) is 0 Å². The maximum atomic E-state index is 13.0. The van der Waals surface area contributed by atoms with Gasteiger partial charge in [0.15, 0.2) is 0 Å². The summed E-state index contributed by atoms with van der Waals surface area (Å²) in [5.41, 5.74) is -1.47. The molecule has 1 fully saturated rings. The third-order valence-electron chi connectivity index (χ3n) is 3.69. The van der Waals surface area contributed by atoms with E-state index in [9.17, 15) is 14.4 Å². The van der Waals surface area contributed by atoms with E-state index in [0.717, 1.165) is 0 Å². The van der Waals surface area contributed by atoms with Crippen molar-refractivity contribution in [2.45, 2.75) is 66.6 Å². The van der Waals surface area contributed by atoms with Crippen LogP contribution in [-0.2, 0) is 9.47 Å². The van der Waals surface area contributed by atoms with Crippen LogP contribution < -0.4 is 0 Å². The van der Waals surface area contributed by atoms with Gasteiger partial charge in [-0.25, -0.2) is 19.3 Å². The van der Waals surface area contributed by atoms with Crippen molar-refractivity contribution >= 4 is 24.2 Å². The van der Waals surface area contributed by atoms with Crippen LogP contribution in [0.15, 0.2) is 4.99 Å². The Morgan fingerprint density at radius 3 is 1.87 bits per heavy atom. The minimum absolute atomic E-state index is 0.0724.